The van der Waals surface area contributed by atoms with Crippen molar-refractivity contribution in [1.82, 2.24) is 10.2 Å². The number of aliphatic hydroxyl groups excluding tert-OH is 1. The molecule has 132 valence electrons. The molecule has 1 aromatic rings. The summed E-state index contributed by atoms with van der Waals surface area (Å²) in [5.41, 5.74) is 2.01. The Kier molecular flexibility index (Phi) is 4.99. The van der Waals surface area contributed by atoms with E-state index in [-0.39, 0.29) is 36.9 Å². The number of nitrogens with one attached hydrogen (secondary N) is 2. The van der Waals surface area contributed by atoms with Crippen molar-refractivity contribution in [3.05, 3.63) is 41.1 Å². The van der Waals surface area contributed by atoms with Gasteiger partial charge in [-0.3, -0.25) is 9.79 Å². The zero-order valence-corrected chi connectivity index (χ0v) is 13.9. The van der Waals surface area contributed by atoms with Crippen LogP contribution in [0.15, 0.2) is 40.5 Å². The van der Waals surface area contributed by atoms with Gasteiger partial charge in [0.25, 0.3) is 5.91 Å². The smallest absolute Gasteiger partial charge is 0.337 e. The van der Waals surface area contributed by atoms with Gasteiger partial charge in [0.15, 0.2) is 0 Å². The first-order chi connectivity index (χ1) is 12.1. The van der Waals surface area contributed by atoms with Gasteiger partial charge >= 0.3 is 5.97 Å². The summed E-state index contributed by atoms with van der Waals surface area (Å²) >= 11 is 0. The van der Waals surface area contributed by atoms with E-state index in [9.17, 15) is 9.59 Å². The molecule has 2 aliphatic heterocycles. The summed E-state index contributed by atoms with van der Waals surface area (Å²) in [5.74, 6) is -0.0871. The maximum Gasteiger partial charge on any atom is 0.337 e. The zero-order valence-electron chi connectivity index (χ0n) is 13.9. The molecule has 3 N–H and O–H groups in total. The highest BCUT2D eigenvalue weighted by Gasteiger charge is 2.34. The van der Waals surface area contributed by atoms with Gasteiger partial charge in [0.1, 0.15) is 11.5 Å². The first-order valence-electron chi connectivity index (χ1n) is 8.01. The molecular weight excluding hydrogens is 324 g/mol. The van der Waals surface area contributed by atoms with E-state index in [1.165, 1.54) is 12.0 Å². The standard InChI is InChI=1S/C17H20N4O4/c1-25-17(24)13-10-21(7-8-22)16(23)14(13)20-12-4-2-3-11(9-12)15-18-5-6-19-15/h2-4,9,20,22H,5-8,10H2,1H3,(H,18,19). The topological polar surface area (TPSA) is 103 Å². The van der Waals surface area contributed by atoms with E-state index in [4.69, 9.17) is 9.84 Å². The predicted octanol–water partition coefficient (Wildman–Crippen LogP) is -0.290. The summed E-state index contributed by atoms with van der Waals surface area (Å²) in [7, 11) is 1.27. The number of esters is 1. The molecular formula is C17H20N4O4. The maximum absolute atomic E-state index is 12.5. The first kappa shape index (κ1) is 17.0. The quantitative estimate of drug-likeness (QED) is 0.613. The molecule has 0 aliphatic carbocycles. The number of anilines is 1. The van der Waals surface area contributed by atoms with Crippen LogP contribution in [0.2, 0.25) is 0 Å². The van der Waals surface area contributed by atoms with Crippen LogP contribution in [0, 0.1) is 0 Å². The number of carbonyl (C=O) groups is 2. The van der Waals surface area contributed by atoms with Gasteiger partial charge in [0.05, 0.1) is 32.4 Å². The Morgan fingerprint density at radius 1 is 1.48 bits per heavy atom. The average Bonchev–Trinajstić information content (AvgIpc) is 3.26. The molecule has 8 nitrogen and oxygen atoms in total. The summed E-state index contributed by atoms with van der Waals surface area (Å²) in [4.78, 5) is 30.3. The number of nitrogens with zero attached hydrogens (tertiary/aromatic N) is 2. The van der Waals surface area contributed by atoms with E-state index in [1.54, 1.807) is 0 Å². The second-order valence-electron chi connectivity index (χ2n) is 5.66. The molecule has 3 rings (SSSR count). The number of hydrogen-bond donors (Lipinski definition) is 3. The van der Waals surface area contributed by atoms with Gasteiger partial charge in [-0.15, -0.1) is 0 Å². The average molecular weight is 344 g/mol. The number of aliphatic imine (C=N–C) groups is 1. The lowest BCUT2D eigenvalue weighted by Crippen LogP contribution is -2.31. The minimum Gasteiger partial charge on any atom is -0.466 e. The van der Waals surface area contributed by atoms with E-state index < -0.39 is 5.97 Å². The Hall–Kier alpha value is -2.87. The number of hydrogen-bond acceptors (Lipinski definition) is 7. The summed E-state index contributed by atoms with van der Waals surface area (Å²) in [6, 6.07) is 7.44. The molecule has 2 aliphatic rings. The summed E-state index contributed by atoms with van der Waals surface area (Å²) < 4.78 is 4.77. The molecule has 0 spiro atoms. The van der Waals surface area contributed by atoms with E-state index in [1.807, 2.05) is 24.3 Å². The van der Waals surface area contributed by atoms with Gasteiger partial charge < -0.3 is 25.4 Å². The first-order valence-corrected chi connectivity index (χ1v) is 8.01. The zero-order chi connectivity index (χ0) is 17.8. The molecule has 0 atom stereocenters. The molecule has 0 fully saturated rings. The third-order valence-corrected chi connectivity index (χ3v) is 4.03. The number of carbonyl (C=O) groups excluding carboxylic acids is 2. The van der Waals surface area contributed by atoms with Crippen molar-refractivity contribution in [2.24, 2.45) is 4.99 Å². The van der Waals surface area contributed by atoms with Crippen molar-refractivity contribution in [3.8, 4) is 0 Å². The van der Waals surface area contributed by atoms with E-state index in [2.05, 4.69) is 15.6 Å². The molecule has 1 aromatic carbocycles. The van der Waals surface area contributed by atoms with Crippen molar-refractivity contribution in [2.75, 3.05) is 45.2 Å². The molecule has 0 aromatic heterocycles. The number of aliphatic hydroxyl groups is 1. The van der Waals surface area contributed by atoms with Crippen LogP contribution < -0.4 is 10.6 Å². The van der Waals surface area contributed by atoms with E-state index >= 15 is 0 Å². The molecule has 2 heterocycles. The van der Waals surface area contributed by atoms with Crippen LogP contribution in [0.25, 0.3) is 0 Å². The van der Waals surface area contributed by atoms with E-state index in [0.717, 1.165) is 24.5 Å². The van der Waals surface area contributed by atoms with Crippen molar-refractivity contribution < 1.29 is 19.4 Å². The number of rotatable bonds is 6. The predicted molar refractivity (Wildman–Crippen MR) is 92.2 cm³/mol. The molecule has 25 heavy (non-hydrogen) atoms. The van der Waals surface area contributed by atoms with Crippen LogP contribution in [-0.4, -0.2) is 67.6 Å². The number of β-amino-alcohol motifs (C(OH)–C–C–N with tert-alkyl or cyclic N) is 1. The van der Waals surface area contributed by atoms with Crippen molar-refractivity contribution in [3.63, 3.8) is 0 Å². The van der Waals surface area contributed by atoms with Crippen molar-refractivity contribution in [1.29, 1.82) is 0 Å². The monoisotopic (exact) mass is 344 g/mol. The molecule has 1 amide bonds. The third kappa shape index (κ3) is 3.48. The van der Waals surface area contributed by atoms with Gasteiger partial charge in [0.2, 0.25) is 0 Å². The lowest BCUT2D eigenvalue weighted by atomic mass is 10.1. The van der Waals surface area contributed by atoms with Gasteiger partial charge in [-0.1, -0.05) is 12.1 Å². The Bertz CT molecular complexity index is 757. The number of methoxy groups -OCH3 is 1. The fourth-order valence-corrected chi connectivity index (χ4v) is 2.83. The van der Waals surface area contributed by atoms with Gasteiger partial charge in [-0.05, 0) is 12.1 Å². The summed E-state index contributed by atoms with van der Waals surface area (Å²) in [6.45, 7) is 1.64. The van der Waals surface area contributed by atoms with Crippen molar-refractivity contribution in [2.45, 2.75) is 0 Å². The van der Waals surface area contributed by atoms with Crippen LogP contribution in [0.4, 0.5) is 5.69 Å². The Morgan fingerprint density at radius 2 is 2.32 bits per heavy atom. The normalized spacial score (nSPS) is 16.8. The molecule has 0 saturated carbocycles. The van der Waals surface area contributed by atoms with Crippen LogP contribution in [0.3, 0.4) is 0 Å². The molecule has 0 unspecified atom stereocenters. The van der Waals surface area contributed by atoms with E-state index in [0.29, 0.717) is 5.69 Å². The Balaban J connectivity index is 1.87. The van der Waals surface area contributed by atoms with Crippen LogP contribution in [-0.2, 0) is 14.3 Å². The third-order valence-electron chi connectivity index (χ3n) is 4.03. The number of benzene rings is 1. The fraction of sp³-hybridized carbons (Fsp3) is 0.353. The Labute approximate surface area is 145 Å². The largest absolute Gasteiger partial charge is 0.466 e. The van der Waals surface area contributed by atoms with Gasteiger partial charge in [0, 0.05) is 24.3 Å². The number of amidine groups is 1. The lowest BCUT2D eigenvalue weighted by molar-refractivity contribution is -0.136. The minimum absolute atomic E-state index is 0.113. The fourth-order valence-electron chi connectivity index (χ4n) is 2.83. The van der Waals surface area contributed by atoms with Gasteiger partial charge in [-0.25, -0.2) is 4.79 Å². The van der Waals surface area contributed by atoms with Crippen LogP contribution in [0.5, 0.6) is 0 Å². The molecule has 0 saturated heterocycles. The van der Waals surface area contributed by atoms with Crippen LogP contribution >= 0.6 is 0 Å². The molecule has 8 heteroatoms. The maximum atomic E-state index is 12.5. The second-order valence-corrected chi connectivity index (χ2v) is 5.66. The highest BCUT2D eigenvalue weighted by Crippen LogP contribution is 2.23. The Morgan fingerprint density at radius 3 is 3.00 bits per heavy atom. The lowest BCUT2D eigenvalue weighted by Gasteiger charge is -2.15. The molecule has 0 bridgehead atoms. The summed E-state index contributed by atoms with van der Waals surface area (Å²) in [6.07, 6.45) is 0. The number of amides is 1. The van der Waals surface area contributed by atoms with Gasteiger partial charge in [-0.2, -0.15) is 0 Å². The summed E-state index contributed by atoms with van der Waals surface area (Å²) in [5, 5.41) is 15.3. The molecule has 0 radical (unpaired) electrons. The highest BCUT2D eigenvalue weighted by atomic mass is 16.5. The minimum atomic E-state index is -0.561. The SMILES string of the molecule is COC(=O)C1=C(Nc2cccc(C3=NCCN3)c2)C(=O)N(CCO)C1. The highest BCUT2D eigenvalue weighted by molar-refractivity contribution is 6.08. The van der Waals surface area contributed by atoms with Crippen LogP contribution in [0.1, 0.15) is 5.56 Å². The van der Waals surface area contributed by atoms with Crippen molar-refractivity contribution >= 4 is 23.4 Å². The number of ether oxygens (including phenoxy) is 1. The second kappa shape index (κ2) is 7.35.